The Morgan fingerprint density at radius 1 is 0.969 bits per heavy atom. The van der Waals surface area contributed by atoms with Crippen LogP contribution in [0.25, 0.3) is 10.4 Å². The number of amides is 2. The Morgan fingerprint density at radius 2 is 1.56 bits per heavy atom. The lowest BCUT2D eigenvalue weighted by Gasteiger charge is -2.25. The number of anilines is 2. The smallest absolute Gasteiger partial charge is 0.323 e. The number of nitrogens with one attached hydrogen (secondary N) is 2. The molecular formula is C24H24ClN3O3S. The molecule has 2 amide bonds. The van der Waals surface area contributed by atoms with Gasteiger partial charge in [-0.15, -0.1) is 11.3 Å². The molecule has 1 saturated carbocycles. The zero-order valence-corrected chi connectivity index (χ0v) is 19.2. The molecular weight excluding hydrogens is 446 g/mol. The fourth-order valence-electron chi connectivity index (χ4n) is 3.90. The predicted octanol–water partition coefficient (Wildman–Crippen LogP) is 6.55. The lowest BCUT2D eigenvalue weighted by atomic mass is 9.82. The highest BCUT2D eigenvalue weighted by molar-refractivity contribution is 7.15. The zero-order valence-electron chi connectivity index (χ0n) is 17.6. The van der Waals surface area contributed by atoms with Crippen molar-refractivity contribution in [2.75, 3.05) is 17.7 Å². The Labute approximate surface area is 196 Å². The number of esters is 1. The van der Waals surface area contributed by atoms with Gasteiger partial charge < -0.3 is 15.4 Å². The molecule has 0 unspecified atom stereocenters. The van der Waals surface area contributed by atoms with Crippen LogP contribution in [0, 0.1) is 5.92 Å². The summed E-state index contributed by atoms with van der Waals surface area (Å²) in [7, 11) is 1.45. The second-order valence-electron chi connectivity index (χ2n) is 7.80. The van der Waals surface area contributed by atoms with Gasteiger partial charge in [-0.3, -0.25) is 4.79 Å². The topological polar surface area (TPSA) is 80.3 Å². The average molecular weight is 470 g/mol. The van der Waals surface area contributed by atoms with Crippen LogP contribution in [-0.4, -0.2) is 24.1 Å². The second kappa shape index (κ2) is 10.1. The highest BCUT2D eigenvalue weighted by Gasteiger charge is 2.29. The summed E-state index contributed by atoms with van der Waals surface area (Å²) >= 11 is 7.56. The van der Waals surface area contributed by atoms with Gasteiger partial charge in [-0.1, -0.05) is 23.7 Å². The van der Waals surface area contributed by atoms with Crippen LogP contribution in [0.3, 0.4) is 0 Å². The molecule has 1 heterocycles. The van der Waals surface area contributed by atoms with Crippen molar-refractivity contribution in [3.05, 3.63) is 64.8 Å². The van der Waals surface area contributed by atoms with E-state index in [1.165, 1.54) is 7.11 Å². The van der Waals surface area contributed by atoms with Gasteiger partial charge in [-0.05, 0) is 67.6 Å². The van der Waals surface area contributed by atoms with E-state index in [2.05, 4.69) is 15.6 Å². The lowest BCUT2D eigenvalue weighted by molar-refractivity contribution is -0.146. The number of benzene rings is 2. The molecule has 6 nitrogen and oxygen atoms in total. The van der Waals surface area contributed by atoms with Crippen LogP contribution in [0.4, 0.5) is 16.2 Å². The van der Waals surface area contributed by atoms with E-state index >= 15 is 0 Å². The minimum Gasteiger partial charge on any atom is -0.469 e. The summed E-state index contributed by atoms with van der Waals surface area (Å²) in [4.78, 5) is 29.7. The maximum atomic E-state index is 12.2. The highest BCUT2D eigenvalue weighted by Crippen LogP contribution is 2.39. The Morgan fingerprint density at radius 3 is 2.16 bits per heavy atom. The van der Waals surface area contributed by atoms with Crippen LogP contribution in [0.15, 0.2) is 54.7 Å². The Bertz CT molecular complexity index is 1070. The molecule has 0 bridgehead atoms. The number of halogens is 1. The average Bonchev–Trinajstić information content (AvgIpc) is 3.31. The van der Waals surface area contributed by atoms with E-state index in [9.17, 15) is 9.59 Å². The van der Waals surface area contributed by atoms with Gasteiger partial charge in [0.25, 0.3) is 0 Å². The normalized spacial score (nSPS) is 18.1. The van der Waals surface area contributed by atoms with E-state index in [1.54, 1.807) is 35.6 Å². The van der Waals surface area contributed by atoms with E-state index in [-0.39, 0.29) is 17.9 Å². The fraction of sp³-hybridized carbons (Fsp3) is 0.292. The van der Waals surface area contributed by atoms with E-state index < -0.39 is 0 Å². The van der Waals surface area contributed by atoms with E-state index in [0.29, 0.717) is 22.3 Å². The maximum Gasteiger partial charge on any atom is 0.323 e. The summed E-state index contributed by atoms with van der Waals surface area (Å²) in [5, 5.41) is 7.33. The molecule has 0 aliphatic heterocycles. The van der Waals surface area contributed by atoms with Crippen LogP contribution in [-0.2, 0) is 9.53 Å². The van der Waals surface area contributed by atoms with Crippen LogP contribution in [0.2, 0.25) is 5.02 Å². The lowest BCUT2D eigenvalue weighted by Crippen LogP contribution is -2.22. The molecule has 32 heavy (non-hydrogen) atoms. The largest absolute Gasteiger partial charge is 0.469 e. The monoisotopic (exact) mass is 469 g/mol. The summed E-state index contributed by atoms with van der Waals surface area (Å²) in [5.41, 5.74) is 2.42. The summed E-state index contributed by atoms with van der Waals surface area (Å²) in [6.45, 7) is 0. The van der Waals surface area contributed by atoms with Crippen molar-refractivity contribution in [2.24, 2.45) is 5.92 Å². The molecule has 2 aromatic carbocycles. The molecule has 2 N–H and O–H groups in total. The number of methoxy groups -OCH3 is 1. The molecule has 0 radical (unpaired) electrons. The van der Waals surface area contributed by atoms with E-state index in [1.807, 2.05) is 30.5 Å². The van der Waals surface area contributed by atoms with Crippen LogP contribution in [0.5, 0.6) is 0 Å². The van der Waals surface area contributed by atoms with Crippen LogP contribution in [0.1, 0.15) is 36.6 Å². The Kier molecular flexibility index (Phi) is 7.07. The molecule has 1 aromatic heterocycles. The number of urea groups is 1. The number of aromatic nitrogens is 1. The van der Waals surface area contributed by atoms with E-state index in [4.69, 9.17) is 16.3 Å². The third-order valence-corrected chi connectivity index (χ3v) is 7.12. The first-order chi connectivity index (χ1) is 15.5. The number of hydrogen-bond acceptors (Lipinski definition) is 5. The summed E-state index contributed by atoms with van der Waals surface area (Å²) in [5.74, 6) is 0.318. The molecule has 8 heteroatoms. The van der Waals surface area contributed by atoms with Crippen molar-refractivity contribution in [3.8, 4) is 10.4 Å². The number of rotatable bonds is 5. The number of carbonyl (C=O) groups is 2. The number of carbonyl (C=O) groups excluding carboxylic acids is 2. The highest BCUT2D eigenvalue weighted by atomic mass is 35.5. The van der Waals surface area contributed by atoms with Gasteiger partial charge in [0.1, 0.15) is 0 Å². The minimum absolute atomic E-state index is 0.0209. The van der Waals surface area contributed by atoms with Crippen molar-refractivity contribution < 1.29 is 14.3 Å². The Hall–Kier alpha value is -2.90. The minimum atomic E-state index is -0.317. The summed E-state index contributed by atoms with van der Waals surface area (Å²) < 4.78 is 4.87. The fourth-order valence-corrected chi connectivity index (χ4v) is 5.12. The third-order valence-electron chi connectivity index (χ3n) is 5.66. The van der Waals surface area contributed by atoms with Gasteiger partial charge in [-0.2, -0.15) is 0 Å². The van der Waals surface area contributed by atoms with Gasteiger partial charge >= 0.3 is 12.0 Å². The van der Waals surface area contributed by atoms with Crippen molar-refractivity contribution >= 4 is 46.3 Å². The molecule has 0 saturated heterocycles. The van der Waals surface area contributed by atoms with Gasteiger partial charge in [0, 0.05) is 28.5 Å². The van der Waals surface area contributed by atoms with Gasteiger partial charge in [0.15, 0.2) is 0 Å². The van der Waals surface area contributed by atoms with Gasteiger partial charge in [-0.25, -0.2) is 9.78 Å². The van der Waals surface area contributed by atoms with Crippen LogP contribution < -0.4 is 10.6 Å². The number of hydrogen-bond donors (Lipinski definition) is 2. The predicted molar refractivity (Wildman–Crippen MR) is 128 cm³/mol. The van der Waals surface area contributed by atoms with Crippen molar-refractivity contribution in [1.29, 1.82) is 0 Å². The van der Waals surface area contributed by atoms with Crippen molar-refractivity contribution in [2.45, 2.75) is 31.6 Å². The summed E-state index contributed by atoms with van der Waals surface area (Å²) in [6.07, 6.45) is 5.52. The first kappa shape index (κ1) is 22.3. The molecule has 166 valence electrons. The number of nitrogens with zero attached hydrogens (tertiary/aromatic N) is 1. The summed E-state index contributed by atoms with van der Waals surface area (Å²) in [6, 6.07) is 14.3. The van der Waals surface area contributed by atoms with Crippen molar-refractivity contribution in [3.63, 3.8) is 0 Å². The van der Waals surface area contributed by atoms with E-state index in [0.717, 1.165) is 41.1 Å². The Balaban J connectivity index is 1.33. The number of thiazole rings is 1. The first-order valence-electron chi connectivity index (χ1n) is 10.5. The quantitative estimate of drug-likeness (QED) is 0.415. The molecule has 0 atom stereocenters. The molecule has 0 spiro atoms. The molecule has 3 aromatic rings. The SMILES string of the molecule is COC(=O)C1CCC(c2ncc(-c3ccc(NC(=O)Nc4ccc(Cl)cc4)cc3)s2)CC1. The molecule has 1 fully saturated rings. The molecule has 1 aliphatic carbocycles. The number of ether oxygens (including phenoxy) is 1. The maximum absolute atomic E-state index is 12.2. The van der Waals surface area contributed by atoms with Crippen molar-refractivity contribution in [1.82, 2.24) is 4.98 Å². The van der Waals surface area contributed by atoms with Crippen LogP contribution >= 0.6 is 22.9 Å². The zero-order chi connectivity index (χ0) is 22.5. The first-order valence-corrected chi connectivity index (χ1v) is 11.7. The molecule has 4 rings (SSSR count). The van der Waals surface area contributed by atoms with Gasteiger partial charge in [0.2, 0.25) is 0 Å². The third kappa shape index (κ3) is 5.47. The second-order valence-corrected chi connectivity index (χ2v) is 9.30. The van der Waals surface area contributed by atoms with Gasteiger partial charge in [0.05, 0.1) is 22.9 Å². The molecule has 1 aliphatic rings. The standard InChI is InChI=1S/C24H24ClN3O3S/c1-31-23(29)17-4-2-16(3-5-17)22-26-14-21(32-22)15-6-10-19(11-7-15)27-24(30)28-20-12-8-18(25)9-13-20/h6-14,16-17H,2-5H2,1H3,(H2,27,28,30).